The van der Waals surface area contributed by atoms with Crippen LogP contribution in [0.15, 0.2) is 24.3 Å². The van der Waals surface area contributed by atoms with E-state index in [0.717, 1.165) is 44.6 Å². The van der Waals surface area contributed by atoms with Crippen molar-refractivity contribution < 1.29 is 14.3 Å². The Bertz CT molecular complexity index is 441. The van der Waals surface area contributed by atoms with Crippen LogP contribution in [-0.2, 0) is 16.0 Å². The predicted octanol–water partition coefficient (Wildman–Crippen LogP) is 2.56. The SMILES string of the molecule is COc1ccccc1CCCNC(=O)C[C@@H]1CCCOC1. The lowest BCUT2D eigenvalue weighted by Gasteiger charge is -2.21. The van der Waals surface area contributed by atoms with Crippen LogP contribution < -0.4 is 10.1 Å². The van der Waals surface area contributed by atoms with Gasteiger partial charge in [-0.15, -0.1) is 0 Å². The third-order valence-electron chi connectivity index (χ3n) is 3.87. The molecule has 0 saturated carbocycles. The lowest BCUT2D eigenvalue weighted by atomic mass is 9.98. The molecule has 0 aromatic heterocycles. The Labute approximate surface area is 126 Å². The number of benzene rings is 1. The van der Waals surface area contributed by atoms with Gasteiger partial charge in [0.1, 0.15) is 5.75 Å². The second-order valence-corrected chi connectivity index (χ2v) is 5.55. The molecule has 1 aromatic carbocycles. The number of amides is 1. The summed E-state index contributed by atoms with van der Waals surface area (Å²) in [7, 11) is 1.69. The summed E-state index contributed by atoms with van der Waals surface area (Å²) in [5.41, 5.74) is 1.19. The number of carbonyl (C=O) groups excluding carboxylic acids is 1. The third kappa shape index (κ3) is 5.38. The number of carbonyl (C=O) groups is 1. The van der Waals surface area contributed by atoms with Crippen molar-refractivity contribution in [1.29, 1.82) is 0 Å². The maximum atomic E-state index is 11.9. The van der Waals surface area contributed by atoms with Gasteiger partial charge >= 0.3 is 0 Å². The third-order valence-corrected chi connectivity index (χ3v) is 3.87. The Morgan fingerprint density at radius 3 is 3.05 bits per heavy atom. The minimum Gasteiger partial charge on any atom is -0.496 e. The second kappa shape index (κ2) is 8.67. The fourth-order valence-corrected chi connectivity index (χ4v) is 2.72. The highest BCUT2D eigenvalue weighted by atomic mass is 16.5. The van der Waals surface area contributed by atoms with Crippen LogP contribution in [0.2, 0.25) is 0 Å². The Hall–Kier alpha value is -1.55. The molecule has 0 bridgehead atoms. The molecule has 1 amide bonds. The molecule has 1 fully saturated rings. The molecule has 0 spiro atoms. The lowest BCUT2D eigenvalue weighted by Crippen LogP contribution is -2.29. The number of nitrogens with one attached hydrogen (secondary N) is 1. The highest BCUT2D eigenvalue weighted by Gasteiger charge is 2.17. The average molecular weight is 291 g/mol. The molecule has 1 saturated heterocycles. The molecule has 1 aliphatic heterocycles. The molecule has 0 aliphatic carbocycles. The van der Waals surface area contributed by atoms with Gasteiger partial charge in [0.25, 0.3) is 0 Å². The van der Waals surface area contributed by atoms with Crippen LogP contribution >= 0.6 is 0 Å². The molecule has 1 aromatic rings. The van der Waals surface area contributed by atoms with Crippen molar-refractivity contribution in [3.05, 3.63) is 29.8 Å². The van der Waals surface area contributed by atoms with Crippen LogP contribution in [0.1, 0.15) is 31.2 Å². The van der Waals surface area contributed by atoms with E-state index in [4.69, 9.17) is 9.47 Å². The number of hydrogen-bond donors (Lipinski definition) is 1. The lowest BCUT2D eigenvalue weighted by molar-refractivity contribution is -0.123. The summed E-state index contributed by atoms with van der Waals surface area (Å²) >= 11 is 0. The molecule has 4 heteroatoms. The van der Waals surface area contributed by atoms with Crippen molar-refractivity contribution >= 4 is 5.91 Å². The van der Waals surface area contributed by atoms with Crippen LogP contribution in [0.25, 0.3) is 0 Å². The molecule has 1 heterocycles. The van der Waals surface area contributed by atoms with Crippen molar-refractivity contribution in [3.63, 3.8) is 0 Å². The van der Waals surface area contributed by atoms with Crippen molar-refractivity contribution in [2.45, 2.75) is 32.1 Å². The van der Waals surface area contributed by atoms with Crippen LogP contribution in [-0.4, -0.2) is 32.8 Å². The van der Waals surface area contributed by atoms with Gasteiger partial charge in [-0.3, -0.25) is 4.79 Å². The van der Waals surface area contributed by atoms with Gasteiger partial charge in [0.2, 0.25) is 5.91 Å². The molecule has 0 unspecified atom stereocenters. The van der Waals surface area contributed by atoms with Gasteiger partial charge in [-0.25, -0.2) is 0 Å². The smallest absolute Gasteiger partial charge is 0.220 e. The van der Waals surface area contributed by atoms with Crippen LogP contribution in [0, 0.1) is 5.92 Å². The predicted molar refractivity (Wildman–Crippen MR) is 82.5 cm³/mol. The summed E-state index contributed by atoms with van der Waals surface area (Å²) in [4.78, 5) is 11.9. The summed E-state index contributed by atoms with van der Waals surface area (Å²) in [5.74, 6) is 1.46. The fourth-order valence-electron chi connectivity index (χ4n) is 2.72. The van der Waals surface area contributed by atoms with Crippen molar-refractivity contribution in [3.8, 4) is 5.75 Å². The van der Waals surface area contributed by atoms with Crippen molar-refractivity contribution in [2.75, 3.05) is 26.9 Å². The van der Waals surface area contributed by atoms with Crippen LogP contribution in [0.4, 0.5) is 0 Å². The highest BCUT2D eigenvalue weighted by Crippen LogP contribution is 2.19. The summed E-state index contributed by atoms with van der Waals surface area (Å²) in [5, 5.41) is 3.00. The zero-order chi connectivity index (χ0) is 14.9. The number of hydrogen-bond acceptors (Lipinski definition) is 3. The van der Waals surface area contributed by atoms with E-state index in [1.165, 1.54) is 5.56 Å². The molecule has 1 N–H and O–H groups in total. The fraction of sp³-hybridized carbons (Fsp3) is 0.588. The summed E-state index contributed by atoms with van der Waals surface area (Å²) in [6, 6.07) is 8.02. The van der Waals surface area contributed by atoms with Gasteiger partial charge in [0.05, 0.1) is 7.11 Å². The monoisotopic (exact) mass is 291 g/mol. The molecule has 2 rings (SSSR count). The molecule has 4 nitrogen and oxygen atoms in total. The number of aryl methyl sites for hydroxylation is 1. The number of methoxy groups -OCH3 is 1. The van der Waals surface area contributed by atoms with Gasteiger partial charge in [-0.2, -0.15) is 0 Å². The molecule has 0 radical (unpaired) electrons. The maximum Gasteiger partial charge on any atom is 0.220 e. The molecular weight excluding hydrogens is 266 g/mol. The molecule has 21 heavy (non-hydrogen) atoms. The number of ether oxygens (including phenoxy) is 2. The topological polar surface area (TPSA) is 47.6 Å². The van der Waals surface area contributed by atoms with E-state index >= 15 is 0 Å². The highest BCUT2D eigenvalue weighted by molar-refractivity contribution is 5.76. The first kappa shape index (κ1) is 15.8. The average Bonchev–Trinajstić information content (AvgIpc) is 2.53. The molecule has 1 aliphatic rings. The van der Waals surface area contributed by atoms with Crippen molar-refractivity contribution in [1.82, 2.24) is 5.32 Å². The Kier molecular flexibility index (Phi) is 6.54. The van der Waals surface area contributed by atoms with Crippen LogP contribution in [0.5, 0.6) is 5.75 Å². The quantitative estimate of drug-likeness (QED) is 0.785. The summed E-state index contributed by atoms with van der Waals surface area (Å²) in [6.45, 7) is 2.29. The number of para-hydroxylation sites is 1. The summed E-state index contributed by atoms with van der Waals surface area (Å²) < 4.78 is 10.7. The Morgan fingerprint density at radius 2 is 2.29 bits per heavy atom. The largest absolute Gasteiger partial charge is 0.496 e. The first-order valence-corrected chi connectivity index (χ1v) is 7.76. The zero-order valence-electron chi connectivity index (χ0n) is 12.8. The number of rotatable bonds is 7. The van der Waals surface area contributed by atoms with Crippen molar-refractivity contribution in [2.24, 2.45) is 5.92 Å². The Morgan fingerprint density at radius 1 is 1.43 bits per heavy atom. The first-order valence-electron chi connectivity index (χ1n) is 7.76. The van der Waals surface area contributed by atoms with E-state index in [1.807, 2.05) is 18.2 Å². The maximum absolute atomic E-state index is 11.9. The van der Waals surface area contributed by atoms with E-state index in [0.29, 0.717) is 18.9 Å². The van der Waals surface area contributed by atoms with Gasteiger partial charge in [-0.1, -0.05) is 18.2 Å². The molecule has 116 valence electrons. The standard InChI is InChI=1S/C17H25NO3/c1-20-16-9-3-2-7-15(16)8-4-10-18-17(19)12-14-6-5-11-21-13-14/h2-3,7,9,14H,4-6,8,10-13H2,1H3,(H,18,19)/t14-/m0/s1. The van der Waals surface area contributed by atoms with Gasteiger partial charge in [0, 0.05) is 26.2 Å². The molecular formula is C17H25NO3. The van der Waals surface area contributed by atoms with Gasteiger partial charge in [0.15, 0.2) is 0 Å². The normalized spacial score (nSPS) is 18.2. The minimum atomic E-state index is 0.144. The van der Waals surface area contributed by atoms with E-state index < -0.39 is 0 Å². The first-order chi connectivity index (χ1) is 10.3. The van der Waals surface area contributed by atoms with Gasteiger partial charge < -0.3 is 14.8 Å². The Balaban J connectivity index is 1.63. The van der Waals surface area contributed by atoms with E-state index in [9.17, 15) is 4.79 Å². The van der Waals surface area contributed by atoms with E-state index in [-0.39, 0.29) is 5.91 Å². The minimum absolute atomic E-state index is 0.144. The van der Waals surface area contributed by atoms with E-state index in [2.05, 4.69) is 11.4 Å². The van der Waals surface area contributed by atoms with Crippen LogP contribution in [0.3, 0.4) is 0 Å². The summed E-state index contributed by atoms with van der Waals surface area (Å²) in [6.07, 6.45) is 4.61. The molecule has 1 atom stereocenters. The van der Waals surface area contributed by atoms with E-state index in [1.54, 1.807) is 7.11 Å². The zero-order valence-corrected chi connectivity index (χ0v) is 12.8. The van der Waals surface area contributed by atoms with Gasteiger partial charge in [-0.05, 0) is 43.2 Å². The second-order valence-electron chi connectivity index (χ2n) is 5.55.